The number of aryl methyl sites for hydroxylation is 4. The molecular formula is C25H38N4. The monoisotopic (exact) mass is 394 g/mol. The van der Waals surface area contributed by atoms with Crippen molar-refractivity contribution in [1.29, 1.82) is 0 Å². The van der Waals surface area contributed by atoms with E-state index in [0.29, 0.717) is 6.04 Å². The average Bonchev–Trinajstić information content (AvgIpc) is 3.08. The van der Waals surface area contributed by atoms with E-state index in [-0.39, 0.29) is 0 Å². The molecule has 1 aliphatic rings. The van der Waals surface area contributed by atoms with Crippen molar-refractivity contribution in [2.75, 3.05) is 22.9 Å². The SMILES string of the molecule is CCCC(CCC)N1CCc2c(C)nc(N(CC)c3c(C)cc(C)cc3C)nc21. The van der Waals surface area contributed by atoms with Gasteiger partial charge in [0.1, 0.15) is 5.82 Å². The number of anilines is 3. The van der Waals surface area contributed by atoms with E-state index in [1.165, 1.54) is 59.4 Å². The zero-order chi connectivity index (χ0) is 21.1. The lowest BCUT2D eigenvalue weighted by Gasteiger charge is -2.31. The predicted molar refractivity (Wildman–Crippen MR) is 125 cm³/mol. The standard InChI is InChI=1S/C25H38N4/c1-8-11-21(12-9-2)29-14-13-22-20(7)26-25(27-24(22)29)28(10-3)23-18(5)15-17(4)16-19(23)6/h15-16,21H,8-14H2,1-7H3. The van der Waals surface area contributed by atoms with E-state index in [1.807, 2.05) is 0 Å². The van der Waals surface area contributed by atoms with Gasteiger partial charge in [0.15, 0.2) is 0 Å². The highest BCUT2D eigenvalue weighted by molar-refractivity contribution is 5.68. The topological polar surface area (TPSA) is 32.3 Å². The van der Waals surface area contributed by atoms with E-state index in [4.69, 9.17) is 9.97 Å². The minimum Gasteiger partial charge on any atom is -0.353 e. The van der Waals surface area contributed by atoms with Crippen LogP contribution in [0.3, 0.4) is 0 Å². The third kappa shape index (κ3) is 4.26. The van der Waals surface area contributed by atoms with Crippen LogP contribution in [0.2, 0.25) is 0 Å². The van der Waals surface area contributed by atoms with Gasteiger partial charge in [0.2, 0.25) is 5.95 Å². The highest BCUT2D eigenvalue weighted by Gasteiger charge is 2.30. The molecule has 1 aromatic heterocycles. The summed E-state index contributed by atoms with van der Waals surface area (Å²) in [6, 6.07) is 5.11. The number of hydrogen-bond donors (Lipinski definition) is 0. The van der Waals surface area contributed by atoms with Crippen molar-refractivity contribution >= 4 is 17.5 Å². The van der Waals surface area contributed by atoms with Gasteiger partial charge in [-0.25, -0.2) is 4.98 Å². The Morgan fingerprint density at radius 3 is 2.14 bits per heavy atom. The summed E-state index contributed by atoms with van der Waals surface area (Å²) < 4.78 is 0. The van der Waals surface area contributed by atoms with Crippen molar-refractivity contribution in [2.45, 2.75) is 86.6 Å². The summed E-state index contributed by atoms with van der Waals surface area (Å²) in [6.45, 7) is 17.4. The molecular weight excluding hydrogens is 356 g/mol. The molecule has 0 N–H and O–H groups in total. The van der Waals surface area contributed by atoms with Crippen LogP contribution < -0.4 is 9.80 Å². The molecule has 1 aliphatic heterocycles. The Bertz CT molecular complexity index is 829. The Morgan fingerprint density at radius 1 is 0.966 bits per heavy atom. The highest BCUT2D eigenvalue weighted by Crippen LogP contribution is 2.36. The lowest BCUT2D eigenvalue weighted by Crippen LogP contribution is -2.34. The quantitative estimate of drug-likeness (QED) is 0.533. The van der Waals surface area contributed by atoms with Gasteiger partial charge < -0.3 is 9.80 Å². The van der Waals surface area contributed by atoms with E-state index in [1.54, 1.807) is 0 Å². The highest BCUT2D eigenvalue weighted by atomic mass is 15.3. The third-order valence-electron chi connectivity index (χ3n) is 6.20. The fourth-order valence-electron chi connectivity index (χ4n) is 5.03. The minimum atomic E-state index is 0.589. The van der Waals surface area contributed by atoms with Gasteiger partial charge in [0.05, 0.1) is 0 Å². The molecule has 2 aromatic rings. The molecule has 2 heterocycles. The minimum absolute atomic E-state index is 0.589. The summed E-state index contributed by atoms with van der Waals surface area (Å²) in [5, 5.41) is 0. The number of aromatic nitrogens is 2. The Morgan fingerprint density at radius 2 is 1.59 bits per heavy atom. The van der Waals surface area contributed by atoms with E-state index in [9.17, 15) is 0 Å². The van der Waals surface area contributed by atoms with Crippen molar-refractivity contribution in [2.24, 2.45) is 0 Å². The molecule has 0 atom stereocenters. The molecule has 0 radical (unpaired) electrons. The van der Waals surface area contributed by atoms with Crippen molar-refractivity contribution in [3.8, 4) is 0 Å². The molecule has 0 saturated carbocycles. The third-order valence-corrected chi connectivity index (χ3v) is 6.20. The van der Waals surface area contributed by atoms with E-state index < -0.39 is 0 Å². The second-order valence-electron chi connectivity index (χ2n) is 8.58. The first-order valence-electron chi connectivity index (χ1n) is 11.4. The molecule has 0 spiro atoms. The van der Waals surface area contributed by atoms with Crippen LogP contribution in [0.1, 0.15) is 74.4 Å². The first-order valence-corrected chi connectivity index (χ1v) is 11.4. The Labute approximate surface area is 177 Å². The molecule has 0 bridgehead atoms. The maximum Gasteiger partial charge on any atom is 0.232 e. The van der Waals surface area contributed by atoms with Crippen LogP contribution >= 0.6 is 0 Å². The first kappa shape index (κ1) is 21.6. The van der Waals surface area contributed by atoms with Gasteiger partial charge in [-0.05, 0) is 65.0 Å². The maximum atomic E-state index is 5.17. The molecule has 3 rings (SSSR count). The Hall–Kier alpha value is -2.10. The largest absolute Gasteiger partial charge is 0.353 e. The molecule has 29 heavy (non-hydrogen) atoms. The molecule has 0 saturated heterocycles. The Balaban J connectivity index is 2.06. The van der Waals surface area contributed by atoms with Crippen LogP contribution in [0.15, 0.2) is 12.1 Å². The molecule has 4 heteroatoms. The number of fused-ring (bicyclic) bond motifs is 1. The molecule has 0 fully saturated rings. The second-order valence-corrected chi connectivity index (χ2v) is 8.58. The van der Waals surface area contributed by atoms with Crippen molar-refractivity contribution in [3.05, 3.63) is 40.1 Å². The number of benzene rings is 1. The van der Waals surface area contributed by atoms with Gasteiger partial charge >= 0.3 is 0 Å². The summed E-state index contributed by atoms with van der Waals surface area (Å²) >= 11 is 0. The van der Waals surface area contributed by atoms with Gasteiger partial charge in [-0.15, -0.1) is 0 Å². The van der Waals surface area contributed by atoms with Crippen molar-refractivity contribution in [3.63, 3.8) is 0 Å². The summed E-state index contributed by atoms with van der Waals surface area (Å²) in [6.07, 6.45) is 5.98. The van der Waals surface area contributed by atoms with E-state index in [0.717, 1.165) is 31.2 Å². The average molecular weight is 395 g/mol. The summed E-state index contributed by atoms with van der Waals surface area (Å²) in [5.41, 5.74) is 7.62. The summed E-state index contributed by atoms with van der Waals surface area (Å²) in [5.74, 6) is 2.03. The molecule has 0 unspecified atom stereocenters. The van der Waals surface area contributed by atoms with Crippen LogP contribution in [0.4, 0.5) is 17.5 Å². The fourth-order valence-corrected chi connectivity index (χ4v) is 5.03. The molecule has 0 aliphatic carbocycles. The molecule has 4 nitrogen and oxygen atoms in total. The lowest BCUT2D eigenvalue weighted by atomic mass is 10.0. The van der Waals surface area contributed by atoms with Crippen LogP contribution in [0, 0.1) is 27.7 Å². The van der Waals surface area contributed by atoms with Crippen LogP contribution in [0.25, 0.3) is 0 Å². The normalized spacial score (nSPS) is 13.3. The number of hydrogen-bond acceptors (Lipinski definition) is 4. The van der Waals surface area contributed by atoms with Gasteiger partial charge in [0.25, 0.3) is 0 Å². The van der Waals surface area contributed by atoms with Gasteiger partial charge in [-0.1, -0.05) is 44.4 Å². The maximum absolute atomic E-state index is 5.17. The molecule has 0 amide bonds. The van der Waals surface area contributed by atoms with Gasteiger partial charge in [-0.3, -0.25) is 0 Å². The number of rotatable bonds is 8. The summed E-state index contributed by atoms with van der Waals surface area (Å²) in [7, 11) is 0. The van der Waals surface area contributed by atoms with Crippen molar-refractivity contribution < 1.29 is 0 Å². The molecule has 1 aromatic carbocycles. The van der Waals surface area contributed by atoms with E-state index >= 15 is 0 Å². The lowest BCUT2D eigenvalue weighted by molar-refractivity contribution is 0.511. The summed E-state index contributed by atoms with van der Waals surface area (Å²) in [4.78, 5) is 15.0. The van der Waals surface area contributed by atoms with Crippen LogP contribution in [-0.2, 0) is 6.42 Å². The predicted octanol–water partition coefficient (Wildman–Crippen LogP) is 6.20. The fraction of sp³-hybridized carbons (Fsp3) is 0.600. The van der Waals surface area contributed by atoms with E-state index in [2.05, 4.69) is 70.4 Å². The Kier molecular flexibility index (Phi) is 6.81. The first-order chi connectivity index (χ1) is 13.9. The van der Waals surface area contributed by atoms with Gasteiger partial charge in [-0.2, -0.15) is 4.98 Å². The van der Waals surface area contributed by atoms with Crippen LogP contribution in [-0.4, -0.2) is 29.1 Å². The zero-order valence-corrected chi connectivity index (χ0v) is 19.5. The smallest absolute Gasteiger partial charge is 0.232 e. The van der Waals surface area contributed by atoms with Crippen molar-refractivity contribution in [1.82, 2.24) is 9.97 Å². The zero-order valence-electron chi connectivity index (χ0n) is 19.5. The number of nitrogens with zero attached hydrogens (tertiary/aromatic N) is 4. The van der Waals surface area contributed by atoms with Gasteiger partial charge in [0, 0.05) is 36.1 Å². The van der Waals surface area contributed by atoms with Crippen LogP contribution in [0.5, 0.6) is 0 Å². The second kappa shape index (κ2) is 9.15. The molecule has 158 valence electrons.